The molecule has 0 spiro atoms. The van der Waals surface area contributed by atoms with Crippen LogP contribution in [-0.4, -0.2) is 30.6 Å². The molecular formula is C13H26N2. The van der Waals surface area contributed by atoms with Gasteiger partial charge in [-0.3, -0.25) is 0 Å². The Morgan fingerprint density at radius 3 is 2.87 bits per heavy atom. The first-order valence-corrected chi connectivity index (χ1v) is 6.33. The van der Waals surface area contributed by atoms with Crippen molar-refractivity contribution in [3.63, 3.8) is 0 Å². The Morgan fingerprint density at radius 2 is 2.20 bits per heavy atom. The summed E-state index contributed by atoms with van der Waals surface area (Å²) in [5, 5.41) is 0. The summed E-state index contributed by atoms with van der Waals surface area (Å²) in [6.07, 6.45) is 8.32. The Labute approximate surface area is 94.5 Å². The van der Waals surface area contributed by atoms with Crippen molar-refractivity contribution in [1.82, 2.24) is 4.90 Å². The lowest BCUT2D eigenvalue weighted by Crippen LogP contribution is -2.46. The number of likely N-dealkylation sites (tertiary alicyclic amines) is 1. The number of nitrogens with two attached hydrogens (primary N) is 1. The van der Waals surface area contributed by atoms with Crippen molar-refractivity contribution in [3.8, 4) is 0 Å². The minimum Gasteiger partial charge on any atom is -0.327 e. The van der Waals surface area contributed by atoms with Gasteiger partial charge < -0.3 is 10.6 Å². The molecular weight excluding hydrogens is 184 g/mol. The number of unbranched alkanes of at least 4 members (excludes halogenated alkanes) is 3. The van der Waals surface area contributed by atoms with E-state index in [-0.39, 0.29) is 0 Å². The van der Waals surface area contributed by atoms with Gasteiger partial charge in [0.15, 0.2) is 0 Å². The average molecular weight is 210 g/mol. The van der Waals surface area contributed by atoms with Gasteiger partial charge in [0.1, 0.15) is 0 Å². The van der Waals surface area contributed by atoms with Gasteiger partial charge in [-0.1, -0.05) is 19.4 Å². The van der Waals surface area contributed by atoms with Crippen molar-refractivity contribution in [1.29, 1.82) is 0 Å². The second-order valence-electron chi connectivity index (χ2n) is 4.87. The molecule has 0 saturated carbocycles. The molecule has 0 amide bonds. The summed E-state index contributed by atoms with van der Waals surface area (Å²) in [5.74, 6) is 0.673. The van der Waals surface area contributed by atoms with Crippen LogP contribution in [0.5, 0.6) is 0 Å². The molecule has 0 radical (unpaired) electrons. The van der Waals surface area contributed by atoms with Gasteiger partial charge in [-0.25, -0.2) is 0 Å². The molecule has 0 aromatic rings. The zero-order chi connectivity index (χ0) is 11.1. The molecule has 1 aliphatic rings. The van der Waals surface area contributed by atoms with Crippen LogP contribution in [0.3, 0.4) is 0 Å². The molecule has 2 nitrogen and oxygen atoms in total. The molecule has 1 saturated heterocycles. The SMILES string of the molecule is C=CCCCCCN1CCC(N)C(C)C1. The number of hydrogen-bond donors (Lipinski definition) is 1. The summed E-state index contributed by atoms with van der Waals surface area (Å²) in [6.45, 7) is 9.67. The monoisotopic (exact) mass is 210 g/mol. The molecule has 2 heteroatoms. The van der Waals surface area contributed by atoms with E-state index in [0.717, 1.165) is 0 Å². The fourth-order valence-corrected chi connectivity index (χ4v) is 2.25. The molecule has 1 fully saturated rings. The maximum atomic E-state index is 6.00. The average Bonchev–Trinajstić information content (AvgIpc) is 2.23. The van der Waals surface area contributed by atoms with Gasteiger partial charge in [0.2, 0.25) is 0 Å². The van der Waals surface area contributed by atoms with Gasteiger partial charge in [-0.15, -0.1) is 6.58 Å². The number of rotatable bonds is 6. The Balaban J connectivity index is 2.04. The lowest BCUT2D eigenvalue weighted by molar-refractivity contribution is 0.162. The van der Waals surface area contributed by atoms with Gasteiger partial charge in [0.25, 0.3) is 0 Å². The van der Waals surface area contributed by atoms with Gasteiger partial charge in [0, 0.05) is 12.6 Å². The Morgan fingerprint density at radius 1 is 1.40 bits per heavy atom. The van der Waals surface area contributed by atoms with Gasteiger partial charge >= 0.3 is 0 Å². The third-order valence-corrected chi connectivity index (χ3v) is 3.44. The molecule has 1 heterocycles. The minimum atomic E-state index is 0.432. The predicted molar refractivity (Wildman–Crippen MR) is 66.9 cm³/mol. The molecule has 1 rings (SSSR count). The van der Waals surface area contributed by atoms with Gasteiger partial charge in [-0.05, 0) is 44.7 Å². The van der Waals surface area contributed by atoms with E-state index >= 15 is 0 Å². The van der Waals surface area contributed by atoms with Crippen molar-refractivity contribution >= 4 is 0 Å². The van der Waals surface area contributed by atoms with Crippen LogP contribution in [0.2, 0.25) is 0 Å². The number of allylic oxidation sites excluding steroid dienone is 1. The van der Waals surface area contributed by atoms with Crippen molar-refractivity contribution in [2.75, 3.05) is 19.6 Å². The number of nitrogens with zero attached hydrogens (tertiary/aromatic N) is 1. The van der Waals surface area contributed by atoms with E-state index in [4.69, 9.17) is 5.73 Å². The van der Waals surface area contributed by atoms with E-state index in [1.165, 1.54) is 51.7 Å². The van der Waals surface area contributed by atoms with Crippen LogP contribution in [0.25, 0.3) is 0 Å². The predicted octanol–water partition coefficient (Wildman–Crippen LogP) is 2.40. The second-order valence-corrected chi connectivity index (χ2v) is 4.87. The highest BCUT2D eigenvalue weighted by Gasteiger charge is 2.22. The van der Waals surface area contributed by atoms with Crippen LogP contribution in [0.4, 0.5) is 0 Å². The van der Waals surface area contributed by atoms with Crippen molar-refractivity contribution in [2.24, 2.45) is 11.7 Å². The zero-order valence-electron chi connectivity index (χ0n) is 10.1. The molecule has 0 aromatic carbocycles. The molecule has 1 aliphatic heterocycles. The van der Waals surface area contributed by atoms with E-state index in [1.807, 2.05) is 6.08 Å². The van der Waals surface area contributed by atoms with E-state index in [0.29, 0.717) is 12.0 Å². The highest BCUT2D eigenvalue weighted by molar-refractivity contribution is 4.79. The first-order valence-electron chi connectivity index (χ1n) is 6.33. The largest absolute Gasteiger partial charge is 0.327 e. The standard InChI is InChI=1S/C13H26N2/c1-3-4-5-6-7-9-15-10-8-13(14)12(2)11-15/h3,12-13H,1,4-11,14H2,2H3. The molecule has 2 atom stereocenters. The third-order valence-electron chi connectivity index (χ3n) is 3.44. The first-order chi connectivity index (χ1) is 7.24. The molecule has 0 aliphatic carbocycles. The molecule has 15 heavy (non-hydrogen) atoms. The van der Waals surface area contributed by atoms with E-state index in [1.54, 1.807) is 0 Å². The van der Waals surface area contributed by atoms with Gasteiger partial charge in [0.05, 0.1) is 0 Å². The summed E-state index contributed by atoms with van der Waals surface area (Å²) < 4.78 is 0. The van der Waals surface area contributed by atoms with E-state index < -0.39 is 0 Å². The summed E-state index contributed by atoms with van der Waals surface area (Å²) in [4.78, 5) is 2.57. The topological polar surface area (TPSA) is 29.3 Å². The summed E-state index contributed by atoms with van der Waals surface area (Å²) in [7, 11) is 0. The van der Waals surface area contributed by atoms with E-state index in [9.17, 15) is 0 Å². The summed E-state index contributed by atoms with van der Waals surface area (Å²) in [5.41, 5.74) is 6.00. The van der Waals surface area contributed by atoms with Crippen LogP contribution in [0.15, 0.2) is 12.7 Å². The minimum absolute atomic E-state index is 0.432. The van der Waals surface area contributed by atoms with Crippen LogP contribution in [-0.2, 0) is 0 Å². The molecule has 2 N–H and O–H groups in total. The first kappa shape index (κ1) is 12.7. The Kier molecular flexibility index (Phi) is 5.96. The van der Waals surface area contributed by atoms with Crippen molar-refractivity contribution in [2.45, 2.75) is 45.1 Å². The van der Waals surface area contributed by atoms with Crippen molar-refractivity contribution in [3.05, 3.63) is 12.7 Å². The molecule has 0 bridgehead atoms. The highest BCUT2D eigenvalue weighted by Crippen LogP contribution is 2.15. The van der Waals surface area contributed by atoms with Crippen LogP contribution in [0, 0.1) is 5.92 Å². The third kappa shape index (κ3) is 4.80. The lowest BCUT2D eigenvalue weighted by Gasteiger charge is -2.35. The number of piperidine rings is 1. The summed E-state index contributed by atoms with van der Waals surface area (Å²) in [6, 6.07) is 0.432. The maximum absolute atomic E-state index is 6.00. The number of hydrogen-bond acceptors (Lipinski definition) is 2. The smallest absolute Gasteiger partial charge is 0.00889 e. The lowest BCUT2D eigenvalue weighted by atomic mass is 9.94. The van der Waals surface area contributed by atoms with E-state index in [2.05, 4.69) is 18.4 Å². The molecule has 88 valence electrons. The van der Waals surface area contributed by atoms with Crippen LogP contribution < -0.4 is 5.73 Å². The normalized spacial score (nSPS) is 27.9. The Bertz CT molecular complexity index is 179. The quantitative estimate of drug-likeness (QED) is 0.539. The fourth-order valence-electron chi connectivity index (χ4n) is 2.25. The van der Waals surface area contributed by atoms with Gasteiger partial charge in [-0.2, -0.15) is 0 Å². The highest BCUT2D eigenvalue weighted by atomic mass is 15.1. The van der Waals surface area contributed by atoms with Crippen LogP contribution in [0.1, 0.15) is 39.0 Å². The second kappa shape index (κ2) is 7.02. The maximum Gasteiger partial charge on any atom is 0.00889 e. The van der Waals surface area contributed by atoms with Crippen molar-refractivity contribution < 1.29 is 0 Å². The molecule has 0 aromatic heterocycles. The molecule has 2 unspecified atom stereocenters. The fraction of sp³-hybridized carbons (Fsp3) is 0.846. The Hall–Kier alpha value is -0.340. The van der Waals surface area contributed by atoms with Crippen LogP contribution >= 0.6 is 0 Å². The zero-order valence-corrected chi connectivity index (χ0v) is 10.1. The summed E-state index contributed by atoms with van der Waals surface area (Å²) >= 11 is 0.